The predicted molar refractivity (Wildman–Crippen MR) is 99.8 cm³/mol. The second-order valence-electron chi connectivity index (χ2n) is 6.15. The van der Waals surface area contributed by atoms with Crippen molar-refractivity contribution in [2.45, 2.75) is 12.6 Å². The van der Waals surface area contributed by atoms with Crippen LogP contribution in [0.1, 0.15) is 16.7 Å². The summed E-state index contributed by atoms with van der Waals surface area (Å²) in [4.78, 5) is 19.7. The number of hydrogen-bond acceptors (Lipinski definition) is 3. The smallest absolute Gasteiger partial charge is 0.366 e. The largest absolute Gasteiger partial charge is 0.416 e. The van der Waals surface area contributed by atoms with Crippen LogP contribution in [-0.2, 0) is 17.4 Å². The van der Waals surface area contributed by atoms with Gasteiger partial charge in [0.1, 0.15) is 6.33 Å². The molecule has 0 bridgehead atoms. The van der Waals surface area contributed by atoms with Gasteiger partial charge in [0, 0.05) is 30.0 Å². The summed E-state index contributed by atoms with van der Waals surface area (Å²) in [5, 5.41) is 0. The van der Waals surface area contributed by atoms with E-state index in [1.807, 2.05) is 24.3 Å². The lowest BCUT2D eigenvalue weighted by molar-refractivity contribution is -0.137. The third-order valence-corrected chi connectivity index (χ3v) is 4.14. The fourth-order valence-electron chi connectivity index (χ4n) is 2.66. The van der Waals surface area contributed by atoms with E-state index in [1.165, 1.54) is 24.5 Å². The van der Waals surface area contributed by atoms with Crippen molar-refractivity contribution in [3.63, 3.8) is 0 Å². The van der Waals surface area contributed by atoms with Gasteiger partial charge in [-0.1, -0.05) is 36.4 Å². The first-order chi connectivity index (χ1) is 13.3. The molecule has 0 radical (unpaired) electrons. The molecule has 2 aromatic carbocycles. The zero-order valence-corrected chi connectivity index (χ0v) is 14.6. The molecule has 1 heterocycles. The number of carbonyl (C=O) groups excluding carboxylic acids is 1. The van der Waals surface area contributed by atoms with Crippen molar-refractivity contribution in [3.8, 4) is 11.1 Å². The molecule has 4 nitrogen and oxygen atoms in total. The van der Waals surface area contributed by atoms with E-state index in [0.717, 1.165) is 28.8 Å². The SMILES string of the molecule is NC(=O)C(=Cc1ccc(C(F)(F)F)cc1)Cc1ccc(-c2cncnc2)cc1. The van der Waals surface area contributed by atoms with E-state index in [-0.39, 0.29) is 6.42 Å². The molecule has 28 heavy (non-hydrogen) atoms. The molecular formula is C21H16F3N3O. The number of aromatic nitrogens is 2. The first kappa shape index (κ1) is 19.3. The van der Waals surface area contributed by atoms with Crippen LogP contribution in [0.2, 0.25) is 0 Å². The molecular weight excluding hydrogens is 367 g/mol. The Morgan fingerprint density at radius 2 is 1.54 bits per heavy atom. The molecule has 3 aromatic rings. The average Bonchev–Trinajstić information content (AvgIpc) is 2.68. The number of nitrogens with two attached hydrogens (primary N) is 1. The Labute approximate surface area is 159 Å². The van der Waals surface area contributed by atoms with Gasteiger partial charge in [-0.25, -0.2) is 9.97 Å². The fourth-order valence-corrected chi connectivity index (χ4v) is 2.66. The third-order valence-electron chi connectivity index (χ3n) is 4.14. The summed E-state index contributed by atoms with van der Waals surface area (Å²) in [6.07, 6.45) is 2.20. The molecule has 0 spiro atoms. The van der Waals surface area contributed by atoms with Crippen LogP contribution in [0.25, 0.3) is 17.2 Å². The topological polar surface area (TPSA) is 68.9 Å². The highest BCUT2D eigenvalue weighted by Crippen LogP contribution is 2.29. The number of benzene rings is 2. The van der Waals surface area contributed by atoms with Crippen LogP contribution in [-0.4, -0.2) is 15.9 Å². The summed E-state index contributed by atoms with van der Waals surface area (Å²) in [5.41, 5.74) is 8.12. The average molecular weight is 383 g/mol. The molecule has 142 valence electrons. The molecule has 1 aromatic heterocycles. The third kappa shape index (κ3) is 4.82. The van der Waals surface area contributed by atoms with Gasteiger partial charge in [0.05, 0.1) is 5.56 Å². The molecule has 0 unspecified atom stereocenters. The van der Waals surface area contributed by atoms with Crippen molar-refractivity contribution >= 4 is 12.0 Å². The van der Waals surface area contributed by atoms with Crippen LogP contribution in [0.4, 0.5) is 13.2 Å². The zero-order valence-electron chi connectivity index (χ0n) is 14.6. The first-order valence-corrected chi connectivity index (χ1v) is 8.35. The highest BCUT2D eigenvalue weighted by atomic mass is 19.4. The molecule has 0 fully saturated rings. The van der Waals surface area contributed by atoms with Crippen LogP contribution >= 0.6 is 0 Å². The maximum atomic E-state index is 12.7. The molecule has 7 heteroatoms. The number of carbonyl (C=O) groups is 1. The van der Waals surface area contributed by atoms with Gasteiger partial charge in [0.2, 0.25) is 5.91 Å². The highest BCUT2D eigenvalue weighted by Gasteiger charge is 2.29. The predicted octanol–water partition coefficient (Wildman–Crippen LogP) is 4.27. The Kier molecular flexibility index (Phi) is 5.54. The van der Waals surface area contributed by atoms with Crippen molar-refractivity contribution in [2.24, 2.45) is 5.73 Å². The van der Waals surface area contributed by atoms with E-state index >= 15 is 0 Å². The number of alkyl halides is 3. The first-order valence-electron chi connectivity index (χ1n) is 8.35. The van der Waals surface area contributed by atoms with E-state index in [4.69, 9.17) is 5.73 Å². The van der Waals surface area contributed by atoms with Crippen molar-refractivity contribution in [2.75, 3.05) is 0 Å². The number of amides is 1. The summed E-state index contributed by atoms with van der Waals surface area (Å²) >= 11 is 0. The summed E-state index contributed by atoms with van der Waals surface area (Å²) in [5.74, 6) is -0.625. The summed E-state index contributed by atoms with van der Waals surface area (Å²) < 4.78 is 38.0. The van der Waals surface area contributed by atoms with Gasteiger partial charge in [0.15, 0.2) is 0 Å². The molecule has 0 saturated heterocycles. The van der Waals surface area contributed by atoms with Crippen LogP contribution in [0, 0.1) is 0 Å². The zero-order chi connectivity index (χ0) is 20.1. The molecule has 0 aliphatic carbocycles. The monoisotopic (exact) mass is 383 g/mol. The van der Waals surface area contributed by atoms with E-state index in [2.05, 4.69) is 9.97 Å². The summed E-state index contributed by atoms with van der Waals surface area (Å²) in [6, 6.07) is 12.0. The second kappa shape index (κ2) is 8.04. The van der Waals surface area contributed by atoms with Crippen LogP contribution in [0.15, 0.2) is 72.8 Å². The Hall–Kier alpha value is -3.48. The summed E-state index contributed by atoms with van der Waals surface area (Å²) in [6.45, 7) is 0. The normalized spacial score (nSPS) is 12.0. The fraction of sp³-hybridized carbons (Fsp3) is 0.0952. The Balaban J connectivity index is 1.79. The minimum Gasteiger partial charge on any atom is -0.366 e. The van der Waals surface area contributed by atoms with Gasteiger partial charge in [-0.2, -0.15) is 13.2 Å². The van der Waals surface area contributed by atoms with E-state index < -0.39 is 17.6 Å². The molecule has 0 aliphatic rings. The van der Waals surface area contributed by atoms with Gasteiger partial charge in [0.25, 0.3) is 0 Å². The molecule has 1 amide bonds. The Morgan fingerprint density at radius 1 is 0.929 bits per heavy atom. The molecule has 2 N–H and O–H groups in total. The molecule has 0 saturated carbocycles. The highest BCUT2D eigenvalue weighted by molar-refractivity contribution is 5.97. The van der Waals surface area contributed by atoms with Crippen LogP contribution in [0.3, 0.4) is 0 Å². The number of primary amides is 1. The van der Waals surface area contributed by atoms with Gasteiger partial charge in [-0.3, -0.25) is 4.79 Å². The van der Waals surface area contributed by atoms with E-state index in [9.17, 15) is 18.0 Å². The lowest BCUT2D eigenvalue weighted by Gasteiger charge is -2.08. The van der Waals surface area contributed by atoms with Gasteiger partial charge in [-0.15, -0.1) is 0 Å². The van der Waals surface area contributed by atoms with Gasteiger partial charge >= 0.3 is 6.18 Å². The maximum absolute atomic E-state index is 12.7. The molecule has 3 rings (SSSR count). The lowest BCUT2D eigenvalue weighted by Crippen LogP contribution is -2.15. The number of rotatable bonds is 5. The lowest BCUT2D eigenvalue weighted by atomic mass is 9.99. The van der Waals surface area contributed by atoms with Crippen LogP contribution in [0.5, 0.6) is 0 Å². The quantitative estimate of drug-likeness (QED) is 0.669. The van der Waals surface area contributed by atoms with Gasteiger partial charge in [-0.05, 0) is 34.9 Å². The van der Waals surface area contributed by atoms with E-state index in [1.54, 1.807) is 12.4 Å². The number of halogens is 3. The molecule has 0 aliphatic heterocycles. The minimum absolute atomic E-state index is 0.266. The van der Waals surface area contributed by atoms with Crippen molar-refractivity contribution in [3.05, 3.63) is 89.5 Å². The summed E-state index contributed by atoms with van der Waals surface area (Å²) in [7, 11) is 0. The Morgan fingerprint density at radius 3 is 2.07 bits per heavy atom. The van der Waals surface area contributed by atoms with E-state index in [0.29, 0.717) is 11.1 Å². The van der Waals surface area contributed by atoms with Crippen molar-refractivity contribution < 1.29 is 18.0 Å². The van der Waals surface area contributed by atoms with Crippen molar-refractivity contribution in [1.82, 2.24) is 9.97 Å². The minimum atomic E-state index is -4.40. The number of nitrogens with zero attached hydrogens (tertiary/aromatic N) is 2. The van der Waals surface area contributed by atoms with Gasteiger partial charge < -0.3 is 5.73 Å². The van der Waals surface area contributed by atoms with Crippen LogP contribution < -0.4 is 5.73 Å². The second-order valence-corrected chi connectivity index (χ2v) is 6.15. The van der Waals surface area contributed by atoms with Crippen molar-refractivity contribution in [1.29, 1.82) is 0 Å². The number of hydrogen-bond donors (Lipinski definition) is 1. The maximum Gasteiger partial charge on any atom is 0.416 e. The standard InChI is InChI=1S/C21H16F3N3O/c22-21(23,24)19-7-3-15(4-8-19)10-17(20(25)28)9-14-1-5-16(6-2-14)18-11-26-13-27-12-18/h1-8,10-13H,9H2,(H2,25,28). The Bertz CT molecular complexity index is 980. The molecule has 0 atom stereocenters.